The number of ether oxygens (including phenoxy) is 1. The number of benzene rings is 1. The highest BCUT2D eigenvalue weighted by Crippen LogP contribution is 2.47. The molecule has 0 saturated carbocycles. The van der Waals surface area contributed by atoms with Gasteiger partial charge in [0.05, 0.1) is 18.4 Å². The molecule has 6 N–H and O–H groups in total. The van der Waals surface area contributed by atoms with Gasteiger partial charge in [-0.25, -0.2) is 9.98 Å². The Hall–Kier alpha value is -4.19. The van der Waals surface area contributed by atoms with Crippen LogP contribution in [0.4, 0.5) is 30.5 Å². The summed E-state index contributed by atoms with van der Waals surface area (Å²) in [6, 6.07) is 3.81. The number of nitrogen functional groups attached to an aromatic ring is 2. The van der Waals surface area contributed by atoms with E-state index in [1.165, 1.54) is 19.2 Å². The number of hydrogen-bond acceptors (Lipinski definition) is 9. The third kappa shape index (κ3) is 3.27. The third-order valence-electron chi connectivity index (χ3n) is 4.22. The minimum Gasteiger partial charge on any atom is -0.496 e. The summed E-state index contributed by atoms with van der Waals surface area (Å²) in [7, 11) is 1.21. The minimum atomic E-state index is -4.73. The van der Waals surface area contributed by atoms with Crippen LogP contribution in [0.15, 0.2) is 23.2 Å². The van der Waals surface area contributed by atoms with E-state index >= 15 is 0 Å². The predicted octanol–water partition coefficient (Wildman–Crippen LogP) is 2.09. The van der Waals surface area contributed by atoms with Crippen LogP contribution in [0.25, 0.3) is 0 Å². The SMILES string of the molecule is COc1cccc(C(F)(F)F)c1C1N=C(NC#N)Nc2nc(N)c(C#N)c(N)c21. The Balaban J connectivity index is 2.40. The quantitative estimate of drug-likeness (QED) is 0.439. The average Bonchev–Trinajstić information content (AvgIpc) is 2.66. The Morgan fingerprint density at radius 3 is 2.55 bits per heavy atom. The number of halogens is 3. The second-order valence-corrected chi connectivity index (χ2v) is 5.82. The molecule has 0 aliphatic carbocycles. The van der Waals surface area contributed by atoms with Gasteiger partial charge >= 0.3 is 6.18 Å². The van der Waals surface area contributed by atoms with Crippen LogP contribution in [0.3, 0.4) is 0 Å². The fourth-order valence-corrected chi connectivity index (χ4v) is 3.04. The van der Waals surface area contributed by atoms with Crippen molar-refractivity contribution in [3.05, 3.63) is 40.5 Å². The van der Waals surface area contributed by atoms with E-state index in [4.69, 9.17) is 21.5 Å². The molecule has 12 heteroatoms. The first-order valence-corrected chi connectivity index (χ1v) is 7.95. The van der Waals surface area contributed by atoms with Crippen molar-refractivity contribution < 1.29 is 17.9 Å². The molecule has 148 valence electrons. The summed E-state index contributed by atoms with van der Waals surface area (Å²) in [6.07, 6.45) is -3.11. The van der Waals surface area contributed by atoms with Gasteiger partial charge in [0.1, 0.15) is 35.1 Å². The summed E-state index contributed by atoms with van der Waals surface area (Å²) in [4.78, 5) is 8.17. The van der Waals surface area contributed by atoms with Crippen LogP contribution >= 0.6 is 0 Å². The minimum absolute atomic E-state index is 0.00856. The van der Waals surface area contributed by atoms with Crippen LogP contribution in [0.1, 0.15) is 28.3 Å². The first kappa shape index (κ1) is 19.6. The molecular formula is C17H13F3N8O. The van der Waals surface area contributed by atoms with Crippen LogP contribution in [-0.2, 0) is 6.18 Å². The summed E-state index contributed by atoms with van der Waals surface area (Å²) < 4.78 is 46.4. The lowest BCUT2D eigenvalue weighted by molar-refractivity contribution is -0.138. The van der Waals surface area contributed by atoms with Crippen molar-refractivity contribution in [1.29, 1.82) is 10.5 Å². The smallest absolute Gasteiger partial charge is 0.416 e. The summed E-state index contributed by atoms with van der Waals surface area (Å²) in [5, 5.41) is 23.1. The number of guanidine groups is 1. The van der Waals surface area contributed by atoms with Gasteiger partial charge in [0.2, 0.25) is 5.96 Å². The number of nitrogens with one attached hydrogen (secondary N) is 2. The van der Waals surface area contributed by atoms with E-state index in [-0.39, 0.29) is 45.7 Å². The Morgan fingerprint density at radius 1 is 1.24 bits per heavy atom. The number of rotatable bonds is 2. The first-order valence-electron chi connectivity index (χ1n) is 7.95. The number of aliphatic imine (C=N–C) groups is 1. The molecule has 1 aromatic heterocycles. The first-order chi connectivity index (χ1) is 13.7. The van der Waals surface area contributed by atoms with Crippen molar-refractivity contribution in [2.75, 3.05) is 23.9 Å². The normalized spacial score (nSPS) is 15.2. The molecular weight excluding hydrogens is 389 g/mol. The molecule has 0 saturated heterocycles. The van der Waals surface area contributed by atoms with E-state index in [9.17, 15) is 18.4 Å². The van der Waals surface area contributed by atoms with Crippen LogP contribution in [0.2, 0.25) is 0 Å². The second kappa shape index (κ2) is 7.09. The number of nitrogens with two attached hydrogens (primary N) is 2. The number of methoxy groups -OCH3 is 1. The number of aromatic nitrogens is 1. The fraction of sp³-hybridized carbons (Fsp3) is 0.176. The summed E-state index contributed by atoms with van der Waals surface area (Å²) in [5.74, 6) is -0.521. The molecule has 0 spiro atoms. The zero-order chi connectivity index (χ0) is 21.3. The van der Waals surface area contributed by atoms with Crippen LogP contribution in [-0.4, -0.2) is 18.1 Å². The highest BCUT2D eigenvalue weighted by atomic mass is 19.4. The highest BCUT2D eigenvalue weighted by molar-refractivity contribution is 5.98. The number of fused-ring (bicyclic) bond motifs is 1. The topological polar surface area (TPSA) is 158 Å². The molecule has 0 radical (unpaired) electrons. The molecule has 1 atom stereocenters. The molecule has 0 amide bonds. The lowest BCUT2D eigenvalue weighted by Gasteiger charge is -2.28. The zero-order valence-electron chi connectivity index (χ0n) is 14.8. The van der Waals surface area contributed by atoms with Gasteiger partial charge in [-0.3, -0.25) is 5.32 Å². The predicted molar refractivity (Wildman–Crippen MR) is 97.4 cm³/mol. The number of nitrogens with zero attached hydrogens (tertiary/aromatic N) is 4. The van der Waals surface area contributed by atoms with Crippen molar-refractivity contribution in [2.45, 2.75) is 12.2 Å². The van der Waals surface area contributed by atoms with Gasteiger partial charge in [-0.2, -0.15) is 23.7 Å². The maximum atomic E-state index is 13.7. The third-order valence-corrected chi connectivity index (χ3v) is 4.22. The van der Waals surface area contributed by atoms with Crippen molar-refractivity contribution >= 4 is 23.3 Å². The number of pyridine rings is 1. The molecule has 0 fully saturated rings. The van der Waals surface area contributed by atoms with Gasteiger partial charge in [-0.05, 0) is 12.1 Å². The van der Waals surface area contributed by atoms with Gasteiger partial charge in [-0.1, -0.05) is 6.07 Å². The molecule has 1 aliphatic rings. The Bertz CT molecular complexity index is 1100. The van der Waals surface area contributed by atoms with E-state index in [0.717, 1.165) is 6.07 Å². The summed E-state index contributed by atoms with van der Waals surface area (Å²) in [6.45, 7) is 0. The van der Waals surface area contributed by atoms with E-state index in [1.54, 1.807) is 12.3 Å². The van der Waals surface area contributed by atoms with Gasteiger partial charge in [0.25, 0.3) is 0 Å². The largest absolute Gasteiger partial charge is 0.496 e. The Morgan fingerprint density at radius 2 is 1.97 bits per heavy atom. The molecule has 2 heterocycles. The Labute approximate surface area is 162 Å². The maximum Gasteiger partial charge on any atom is 0.416 e. The van der Waals surface area contributed by atoms with Crippen molar-refractivity contribution in [2.24, 2.45) is 4.99 Å². The van der Waals surface area contributed by atoms with Crippen molar-refractivity contribution in [3.63, 3.8) is 0 Å². The molecule has 1 unspecified atom stereocenters. The number of anilines is 3. The number of alkyl halides is 3. The van der Waals surface area contributed by atoms with E-state index in [0.29, 0.717) is 0 Å². The molecule has 9 nitrogen and oxygen atoms in total. The number of hydrogen-bond donors (Lipinski definition) is 4. The van der Waals surface area contributed by atoms with E-state index in [2.05, 4.69) is 20.6 Å². The lowest BCUT2D eigenvalue weighted by Crippen LogP contribution is -2.33. The van der Waals surface area contributed by atoms with E-state index < -0.39 is 17.8 Å². The van der Waals surface area contributed by atoms with Crippen LogP contribution in [0.5, 0.6) is 5.75 Å². The molecule has 1 aliphatic heterocycles. The molecule has 29 heavy (non-hydrogen) atoms. The number of nitriles is 2. The van der Waals surface area contributed by atoms with Crippen LogP contribution in [0, 0.1) is 22.8 Å². The van der Waals surface area contributed by atoms with Crippen LogP contribution < -0.4 is 26.8 Å². The van der Waals surface area contributed by atoms with Crippen molar-refractivity contribution in [1.82, 2.24) is 10.3 Å². The van der Waals surface area contributed by atoms with Gasteiger partial charge < -0.3 is 21.5 Å². The van der Waals surface area contributed by atoms with Crippen molar-refractivity contribution in [3.8, 4) is 18.0 Å². The molecule has 1 aromatic carbocycles. The molecule has 2 aromatic rings. The summed E-state index contributed by atoms with van der Waals surface area (Å²) in [5.41, 5.74) is 10.1. The second-order valence-electron chi connectivity index (χ2n) is 5.82. The molecule has 3 rings (SSSR count). The Kier molecular flexibility index (Phi) is 4.78. The molecule has 0 bridgehead atoms. The zero-order valence-corrected chi connectivity index (χ0v) is 14.8. The monoisotopic (exact) mass is 402 g/mol. The maximum absolute atomic E-state index is 13.7. The average molecular weight is 402 g/mol. The lowest BCUT2D eigenvalue weighted by atomic mass is 9.91. The van der Waals surface area contributed by atoms with Gasteiger partial charge in [0, 0.05) is 11.1 Å². The summed E-state index contributed by atoms with van der Waals surface area (Å²) >= 11 is 0. The van der Waals surface area contributed by atoms with E-state index in [1.807, 2.05) is 0 Å². The standard InChI is InChI=1S/C17H13F3N8O/c1-29-9-4-2-3-8(17(18,19)20)10(9)13-11-12(23)7(5-21)14(24)27-15(11)28-16(26-13)25-6-22/h2-4,13H,1H3,(H6,23,24,25,26,27,28). The fourth-order valence-electron chi connectivity index (χ4n) is 3.04. The van der Waals surface area contributed by atoms with Gasteiger partial charge in [-0.15, -0.1) is 0 Å². The van der Waals surface area contributed by atoms with Gasteiger partial charge in [0.15, 0.2) is 6.19 Å². The highest BCUT2D eigenvalue weighted by Gasteiger charge is 2.40.